The Labute approximate surface area is 156 Å². The number of guanidine groups is 1. The van der Waals surface area contributed by atoms with Crippen molar-refractivity contribution in [3.63, 3.8) is 0 Å². The van der Waals surface area contributed by atoms with Crippen molar-refractivity contribution < 1.29 is 14.6 Å². The minimum Gasteiger partial charge on any atom is -0.388 e. The number of ether oxygens (including phenoxy) is 2. The Kier molecular flexibility index (Phi) is 10.4. The SMILES string of the molecule is CCNC(=NCC1(O)CCOCC1)NCCCOCC1CC1.I. The number of hydrogen-bond acceptors (Lipinski definition) is 4. The molecule has 1 saturated carbocycles. The number of hydrogen-bond donors (Lipinski definition) is 3. The van der Waals surface area contributed by atoms with Gasteiger partial charge in [-0.15, -0.1) is 24.0 Å². The first-order chi connectivity index (χ1) is 10.7. The fraction of sp³-hybridized carbons (Fsp3) is 0.938. The fourth-order valence-corrected chi connectivity index (χ4v) is 2.39. The highest BCUT2D eigenvalue weighted by atomic mass is 127. The van der Waals surface area contributed by atoms with Gasteiger partial charge in [0, 0.05) is 52.4 Å². The molecule has 1 aliphatic carbocycles. The highest BCUT2D eigenvalue weighted by Crippen LogP contribution is 2.28. The van der Waals surface area contributed by atoms with Crippen molar-refractivity contribution in [2.45, 2.75) is 44.6 Å². The highest BCUT2D eigenvalue weighted by molar-refractivity contribution is 14.0. The summed E-state index contributed by atoms with van der Waals surface area (Å²) >= 11 is 0. The molecule has 23 heavy (non-hydrogen) atoms. The molecule has 0 spiro atoms. The Morgan fingerprint density at radius 2 is 2.04 bits per heavy atom. The van der Waals surface area contributed by atoms with Crippen LogP contribution in [0.1, 0.15) is 39.0 Å². The van der Waals surface area contributed by atoms with E-state index in [0.29, 0.717) is 32.6 Å². The van der Waals surface area contributed by atoms with E-state index in [1.54, 1.807) is 0 Å². The molecule has 2 fully saturated rings. The molecule has 0 bridgehead atoms. The van der Waals surface area contributed by atoms with E-state index in [-0.39, 0.29) is 24.0 Å². The molecule has 1 aliphatic heterocycles. The molecule has 136 valence electrons. The van der Waals surface area contributed by atoms with Crippen LogP contribution in [0.5, 0.6) is 0 Å². The minimum absolute atomic E-state index is 0. The maximum Gasteiger partial charge on any atom is 0.191 e. The van der Waals surface area contributed by atoms with Crippen molar-refractivity contribution in [2.24, 2.45) is 10.9 Å². The van der Waals surface area contributed by atoms with Gasteiger partial charge in [-0.05, 0) is 32.1 Å². The van der Waals surface area contributed by atoms with Gasteiger partial charge in [0.15, 0.2) is 5.96 Å². The summed E-state index contributed by atoms with van der Waals surface area (Å²) in [4.78, 5) is 4.51. The summed E-state index contributed by atoms with van der Waals surface area (Å²) in [7, 11) is 0. The molecule has 2 aliphatic rings. The van der Waals surface area contributed by atoms with Gasteiger partial charge in [-0.1, -0.05) is 0 Å². The van der Waals surface area contributed by atoms with Gasteiger partial charge >= 0.3 is 0 Å². The third kappa shape index (κ3) is 9.07. The summed E-state index contributed by atoms with van der Waals surface area (Å²) in [5, 5.41) is 16.9. The molecule has 2 rings (SSSR count). The zero-order chi connectivity index (χ0) is 15.7. The summed E-state index contributed by atoms with van der Waals surface area (Å²) in [5.41, 5.74) is -0.714. The zero-order valence-corrected chi connectivity index (χ0v) is 16.5. The van der Waals surface area contributed by atoms with Crippen molar-refractivity contribution in [3.05, 3.63) is 0 Å². The Bertz CT molecular complexity index is 345. The number of nitrogens with one attached hydrogen (secondary N) is 2. The number of aliphatic imine (C=N–C) groups is 1. The molecule has 0 radical (unpaired) electrons. The largest absolute Gasteiger partial charge is 0.388 e. The van der Waals surface area contributed by atoms with Crippen molar-refractivity contribution >= 4 is 29.9 Å². The second kappa shape index (κ2) is 11.4. The van der Waals surface area contributed by atoms with Crippen molar-refractivity contribution in [3.8, 4) is 0 Å². The predicted molar refractivity (Wildman–Crippen MR) is 103 cm³/mol. The molecule has 0 aromatic heterocycles. The Balaban J connectivity index is 0.00000264. The number of rotatable bonds is 9. The molecular weight excluding hydrogens is 409 g/mol. The molecule has 0 atom stereocenters. The van der Waals surface area contributed by atoms with E-state index in [1.807, 2.05) is 6.92 Å². The zero-order valence-electron chi connectivity index (χ0n) is 14.2. The van der Waals surface area contributed by atoms with Crippen LogP contribution in [0.15, 0.2) is 4.99 Å². The van der Waals surface area contributed by atoms with E-state index < -0.39 is 5.60 Å². The van der Waals surface area contributed by atoms with E-state index in [4.69, 9.17) is 9.47 Å². The average Bonchev–Trinajstić information content (AvgIpc) is 3.33. The summed E-state index contributed by atoms with van der Waals surface area (Å²) in [6, 6.07) is 0. The average molecular weight is 441 g/mol. The van der Waals surface area contributed by atoms with Gasteiger partial charge in [0.25, 0.3) is 0 Å². The lowest BCUT2D eigenvalue weighted by atomic mass is 9.95. The van der Waals surface area contributed by atoms with Gasteiger partial charge in [0.1, 0.15) is 0 Å². The summed E-state index contributed by atoms with van der Waals surface area (Å²) < 4.78 is 10.9. The molecule has 3 N–H and O–H groups in total. The van der Waals surface area contributed by atoms with E-state index >= 15 is 0 Å². The third-order valence-electron chi connectivity index (χ3n) is 4.11. The second-order valence-electron chi connectivity index (χ2n) is 6.33. The molecule has 0 aromatic rings. The van der Waals surface area contributed by atoms with Crippen LogP contribution in [0.3, 0.4) is 0 Å². The lowest BCUT2D eigenvalue weighted by Crippen LogP contribution is -2.42. The van der Waals surface area contributed by atoms with E-state index in [2.05, 4.69) is 15.6 Å². The molecule has 0 unspecified atom stereocenters. The molecule has 1 saturated heterocycles. The molecular formula is C16H32IN3O3. The highest BCUT2D eigenvalue weighted by Gasteiger charge is 2.29. The normalized spacial score (nSPS) is 20.7. The first-order valence-electron chi connectivity index (χ1n) is 8.62. The van der Waals surface area contributed by atoms with Crippen LogP contribution in [-0.4, -0.2) is 62.7 Å². The second-order valence-corrected chi connectivity index (χ2v) is 6.33. The van der Waals surface area contributed by atoms with Crippen molar-refractivity contribution in [1.82, 2.24) is 10.6 Å². The molecule has 7 heteroatoms. The first-order valence-corrected chi connectivity index (χ1v) is 8.62. The number of aliphatic hydroxyl groups is 1. The maximum atomic E-state index is 10.4. The first kappa shape index (κ1) is 20.9. The fourth-order valence-electron chi connectivity index (χ4n) is 2.39. The maximum absolute atomic E-state index is 10.4. The van der Waals surface area contributed by atoms with Gasteiger partial charge in [0.05, 0.1) is 12.1 Å². The van der Waals surface area contributed by atoms with E-state index in [9.17, 15) is 5.11 Å². The van der Waals surface area contributed by atoms with Crippen LogP contribution >= 0.6 is 24.0 Å². The van der Waals surface area contributed by atoms with Crippen molar-refractivity contribution in [2.75, 3.05) is 46.1 Å². The van der Waals surface area contributed by atoms with Gasteiger partial charge in [-0.25, -0.2) is 0 Å². The van der Waals surface area contributed by atoms with Crippen LogP contribution in [-0.2, 0) is 9.47 Å². The third-order valence-corrected chi connectivity index (χ3v) is 4.11. The van der Waals surface area contributed by atoms with Gasteiger partial charge in [-0.2, -0.15) is 0 Å². The Morgan fingerprint density at radius 3 is 2.70 bits per heavy atom. The lowest BCUT2D eigenvalue weighted by Gasteiger charge is -2.30. The molecule has 0 aromatic carbocycles. The van der Waals surface area contributed by atoms with Crippen LogP contribution < -0.4 is 10.6 Å². The van der Waals surface area contributed by atoms with E-state index in [1.165, 1.54) is 12.8 Å². The topological polar surface area (TPSA) is 75.1 Å². The predicted octanol–water partition coefficient (Wildman–Crippen LogP) is 1.52. The van der Waals surface area contributed by atoms with E-state index in [0.717, 1.165) is 44.6 Å². The van der Waals surface area contributed by atoms with Gasteiger partial charge in [0.2, 0.25) is 0 Å². The van der Waals surface area contributed by atoms with Crippen LogP contribution in [0.2, 0.25) is 0 Å². The minimum atomic E-state index is -0.714. The molecule has 0 amide bonds. The summed E-state index contributed by atoms with van der Waals surface area (Å²) in [6.07, 6.45) is 4.96. The Hall–Kier alpha value is -0.120. The van der Waals surface area contributed by atoms with Gasteiger partial charge < -0.3 is 25.2 Å². The monoisotopic (exact) mass is 441 g/mol. The van der Waals surface area contributed by atoms with Crippen LogP contribution in [0, 0.1) is 5.92 Å². The number of halogens is 1. The number of nitrogens with zero attached hydrogens (tertiary/aromatic N) is 1. The van der Waals surface area contributed by atoms with Crippen LogP contribution in [0.4, 0.5) is 0 Å². The summed E-state index contributed by atoms with van der Waals surface area (Å²) in [6.45, 7) is 7.06. The van der Waals surface area contributed by atoms with Gasteiger partial charge in [-0.3, -0.25) is 4.99 Å². The molecule has 6 nitrogen and oxygen atoms in total. The smallest absolute Gasteiger partial charge is 0.191 e. The standard InChI is InChI=1S/C16H31N3O3.HI/c1-2-17-15(18-8-3-9-22-12-14-4-5-14)19-13-16(20)6-10-21-11-7-16;/h14,20H,2-13H2,1H3,(H2,17,18,19);1H. The summed E-state index contributed by atoms with van der Waals surface area (Å²) in [5.74, 6) is 1.59. The molecule has 1 heterocycles. The van der Waals surface area contributed by atoms with Crippen LogP contribution in [0.25, 0.3) is 0 Å². The quantitative estimate of drug-likeness (QED) is 0.219. The van der Waals surface area contributed by atoms with Crippen molar-refractivity contribution in [1.29, 1.82) is 0 Å². The lowest BCUT2D eigenvalue weighted by molar-refractivity contribution is -0.0565. The Morgan fingerprint density at radius 1 is 1.30 bits per heavy atom.